The fourth-order valence-corrected chi connectivity index (χ4v) is 3.10. The lowest BCUT2D eigenvalue weighted by Crippen LogP contribution is -2.51. The number of hydrogen-bond acceptors (Lipinski definition) is 6. The molecule has 2 aromatic heterocycles. The summed E-state index contributed by atoms with van der Waals surface area (Å²) in [6, 6.07) is 0.606. The summed E-state index contributed by atoms with van der Waals surface area (Å²) >= 11 is 0. The van der Waals surface area contributed by atoms with E-state index in [0.717, 1.165) is 57.0 Å². The summed E-state index contributed by atoms with van der Waals surface area (Å²) in [5.41, 5.74) is 6.55. The SMILES string of the molecule is CCC(CCN)N1CCN(c2nccn3cnnc23)CC1. The first-order valence-corrected chi connectivity index (χ1v) is 7.67. The Morgan fingerprint density at radius 3 is 2.81 bits per heavy atom. The van der Waals surface area contributed by atoms with Gasteiger partial charge in [-0.2, -0.15) is 0 Å². The van der Waals surface area contributed by atoms with Gasteiger partial charge >= 0.3 is 0 Å². The number of hydrogen-bond donors (Lipinski definition) is 1. The second-order valence-corrected chi connectivity index (χ2v) is 5.48. The van der Waals surface area contributed by atoms with Crippen LogP contribution in [0.3, 0.4) is 0 Å². The molecule has 2 N–H and O–H groups in total. The van der Waals surface area contributed by atoms with Crippen molar-refractivity contribution in [2.75, 3.05) is 37.6 Å². The van der Waals surface area contributed by atoms with Crippen molar-refractivity contribution in [1.82, 2.24) is 24.5 Å². The highest BCUT2D eigenvalue weighted by Gasteiger charge is 2.24. The molecule has 1 atom stereocenters. The maximum Gasteiger partial charge on any atom is 0.203 e. The first kappa shape index (κ1) is 14.2. The topological polar surface area (TPSA) is 75.6 Å². The van der Waals surface area contributed by atoms with Crippen LogP contribution < -0.4 is 10.6 Å². The molecule has 0 aromatic carbocycles. The van der Waals surface area contributed by atoms with Gasteiger partial charge in [0, 0.05) is 44.6 Å². The molecule has 3 rings (SSSR count). The Morgan fingerprint density at radius 1 is 1.29 bits per heavy atom. The fourth-order valence-electron chi connectivity index (χ4n) is 3.10. The number of aromatic nitrogens is 4. The zero-order valence-electron chi connectivity index (χ0n) is 12.5. The lowest BCUT2D eigenvalue weighted by atomic mass is 10.1. The van der Waals surface area contributed by atoms with Crippen molar-refractivity contribution >= 4 is 11.5 Å². The Morgan fingerprint density at radius 2 is 2.10 bits per heavy atom. The molecule has 1 aliphatic heterocycles. The summed E-state index contributed by atoms with van der Waals surface area (Å²) in [5.74, 6) is 0.932. The van der Waals surface area contributed by atoms with Crippen molar-refractivity contribution < 1.29 is 0 Å². The molecular formula is C14H23N7. The molecule has 7 heteroatoms. The van der Waals surface area contributed by atoms with Crippen LogP contribution in [0.1, 0.15) is 19.8 Å². The molecule has 21 heavy (non-hydrogen) atoms. The van der Waals surface area contributed by atoms with Gasteiger partial charge in [-0.3, -0.25) is 9.30 Å². The van der Waals surface area contributed by atoms with Crippen LogP contribution in [-0.4, -0.2) is 63.2 Å². The molecule has 114 valence electrons. The minimum Gasteiger partial charge on any atom is -0.351 e. The number of anilines is 1. The van der Waals surface area contributed by atoms with Crippen LogP contribution in [0, 0.1) is 0 Å². The van der Waals surface area contributed by atoms with Crippen LogP contribution >= 0.6 is 0 Å². The molecule has 1 aliphatic rings. The molecule has 1 unspecified atom stereocenters. The molecular weight excluding hydrogens is 266 g/mol. The second kappa shape index (κ2) is 6.36. The zero-order valence-corrected chi connectivity index (χ0v) is 12.5. The van der Waals surface area contributed by atoms with Gasteiger partial charge in [-0.25, -0.2) is 4.98 Å². The van der Waals surface area contributed by atoms with Crippen molar-refractivity contribution in [3.63, 3.8) is 0 Å². The van der Waals surface area contributed by atoms with Crippen LogP contribution in [0.2, 0.25) is 0 Å². The van der Waals surface area contributed by atoms with E-state index in [9.17, 15) is 0 Å². The van der Waals surface area contributed by atoms with Crippen LogP contribution in [0.5, 0.6) is 0 Å². The van der Waals surface area contributed by atoms with E-state index in [1.807, 2.05) is 10.6 Å². The normalized spacial score (nSPS) is 18.3. The highest BCUT2D eigenvalue weighted by Crippen LogP contribution is 2.19. The summed E-state index contributed by atoms with van der Waals surface area (Å²) in [7, 11) is 0. The van der Waals surface area contributed by atoms with Crippen LogP contribution in [0.25, 0.3) is 5.65 Å². The second-order valence-electron chi connectivity index (χ2n) is 5.48. The third-order valence-corrected chi connectivity index (χ3v) is 4.30. The van der Waals surface area contributed by atoms with Gasteiger partial charge in [0.1, 0.15) is 6.33 Å². The van der Waals surface area contributed by atoms with Crippen molar-refractivity contribution in [3.05, 3.63) is 18.7 Å². The molecule has 0 amide bonds. The van der Waals surface area contributed by atoms with Gasteiger partial charge in [0.05, 0.1) is 0 Å². The third kappa shape index (κ3) is 2.84. The van der Waals surface area contributed by atoms with E-state index in [0.29, 0.717) is 6.04 Å². The Kier molecular flexibility index (Phi) is 4.31. The van der Waals surface area contributed by atoms with E-state index in [-0.39, 0.29) is 0 Å². The van der Waals surface area contributed by atoms with E-state index < -0.39 is 0 Å². The average molecular weight is 289 g/mol. The summed E-state index contributed by atoms with van der Waals surface area (Å²) < 4.78 is 1.91. The van der Waals surface area contributed by atoms with Gasteiger partial charge in [0.2, 0.25) is 5.65 Å². The first-order valence-electron chi connectivity index (χ1n) is 7.67. The lowest BCUT2D eigenvalue weighted by molar-refractivity contribution is 0.173. The molecule has 0 radical (unpaired) electrons. The summed E-state index contributed by atoms with van der Waals surface area (Å²) in [5, 5.41) is 8.13. The minimum absolute atomic E-state index is 0.606. The maximum atomic E-state index is 5.72. The van der Waals surface area contributed by atoms with Gasteiger partial charge in [0.25, 0.3) is 0 Å². The van der Waals surface area contributed by atoms with E-state index in [1.165, 1.54) is 0 Å². The Bertz CT molecular complexity index is 573. The number of piperazine rings is 1. The Hall–Kier alpha value is -1.73. The van der Waals surface area contributed by atoms with Gasteiger partial charge in [-0.15, -0.1) is 10.2 Å². The van der Waals surface area contributed by atoms with Crippen LogP contribution in [-0.2, 0) is 0 Å². The molecule has 0 bridgehead atoms. The smallest absolute Gasteiger partial charge is 0.203 e. The lowest BCUT2D eigenvalue weighted by Gasteiger charge is -2.39. The molecule has 0 saturated carbocycles. The molecule has 1 fully saturated rings. The molecule has 0 spiro atoms. The zero-order chi connectivity index (χ0) is 14.7. The van der Waals surface area contributed by atoms with Crippen molar-refractivity contribution in [1.29, 1.82) is 0 Å². The minimum atomic E-state index is 0.606. The van der Waals surface area contributed by atoms with E-state index >= 15 is 0 Å². The standard InChI is InChI=1S/C14H23N7/c1-2-12(3-4-15)19-7-9-20(10-8-19)13-14-18-17-11-21(14)6-5-16-13/h5-6,11-12H,2-4,7-10,15H2,1H3. The molecule has 1 saturated heterocycles. The quantitative estimate of drug-likeness (QED) is 0.857. The van der Waals surface area contributed by atoms with Gasteiger partial charge < -0.3 is 10.6 Å². The Balaban J connectivity index is 1.69. The van der Waals surface area contributed by atoms with Gasteiger partial charge in [-0.1, -0.05) is 6.92 Å². The summed E-state index contributed by atoms with van der Waals surface area (Å²) in [4.78, 5) is 9.34. The maximum absolute atomic E-state index is 5.72. The van der Waals surface area contributed by atoms with E-state index in [1.54, 1.807) is 12.5 Å². The van der Waals surface area contributed by atoms with Gasteiger partial charge in [-0.05, 0) is 19.4 Å². The predicted octanol–water partition coefficient (Wildman–Crippen LogP) is 0.374. The molecule has 0 aliphatic carbocycles. The first-order chi connectivity index (χ1) is 10.3. The third-order valence-electron chi connectivity index (χ3n) is 4.30. The Labute approximate surface area is 124 Å². The van der Waals surface area contributed by atoms with Crippen LogP contribution in [0.4, 0.5) is 5.82 Å². The van der Waals surface area contributed by atoms with Crippen molar-refractivity contribution in [3.8, 4) is 0 Å². The number of nitrogens with zero attached hydrogens (tertiary/aromatic N) is 6. The number of rotatable bonds is 5. The number of fused-ring (bicyclic) bond motifs is 1. The predicted molar refractivity (Wildman–Crippen MR) is 82.3 cm³/mol. The fraction of sp³-hybridized carbons (Fsp3) is 0.643. The molecule has 3 heterocycles. The number of nitrogens with two attached hydrogens (primary N) is 1. The van der Waals surface area contributed by atoms with Crippen molar-refractivity contribution in [2.45, 2.75) is 25.8 Å². The highest BCUT2D eigenvalue weighted by atomic mass is 15.3. The molecule has 2 aromatic rings. The van der Waals surface area contributed by atoms with E-state index in [4.69, 9.17) is 5.73 Å². The summed E-state index contributed by atoms with van der Waals surface area (Å²) in [6.07, 6.45) is 7.64. The van der Waals surface area contributed by atoms with Gasteiger partial charge in [0.15, 0.2) is 5.82 Å². The van der Waals surface area contributed by atoms with Crippen molar-refractivity contribution in [2.24, 2.45) is 5.73 Å². The van der Waals surface area contributed by atoms with Crippen LogP contribution in [0.15, 0.2) is 18.7 Å². The highest BCUT2D eigenvalue weighted by molar-refractivity contribution is 5.63. The van der Waals surface area contributed by atoms with E-state index in [2.05, 4.69) is 31.9 Å². The average Bonchev–Trinajstić information content (AvgIpc) is 3.01. The monoisotopic (exact) mass is 289 g/mol. The largest absolute Gasteiger partial charge is 0.351 e. The molecule has 7 nitrogen and oxygen atoms in total. The summed E-state index contributed by atoms with van der Waals surface area (Å²) in [6.45, 7) is 7.05.